The minimum Gasteiger partial charge on any atom is -0.452 e. The Morgan fingerprint density at radius 3 is 2.67 bits per heavy atom. The Balaban J connectivity index is 1.35. The standard InChI is InChI=1S/C20H14N4O4S2/c25-17(22-14-6-2-7-15-18(14)24-30-23-15)11-28-20(27)12-4-1-5-13(10-12)21-19(26)16-8-3-9-29-16/h1-10H,11H2,(H,21,26)(H,22,25). The molecule has 4 rings (SSSR count). The summed E-state index contributed by atoms with van der Waals surface area (Å²) in [5.41, 5.74) is 2.43. The van der Waals surface area contributed by atoms with E-state index < -0.39 is 18.5 Å². The van der Waals surface area contributed by atoms with E-state index in [1.54, 1.807) is 53.9 Å². The number of nitrogens with zero attached hydrogens (tertiary/aromatic N) is 2. The second-order valence-electron chi connectivity index (χ2n) is 6.07. The molecule has 0 fully saturated rings. The van der Waals surface area contributed by atoms with E-state index >= 15 is 0 Å². The SMILES string of the molecule is O=C(COC(=O)c1cccc(NC(=O)c2cccs2)c1)Nc1cccc2nsnc12. The number of nitrogens with one attached hydrogen (secondary N) is 2. The largest absolute Gasteiger partial charge is 0.452 e. The smallest absolute Gasteiger partial charge is 0.338 e. The van der Waals surface area contributed by atoms with Crippen LogP contribution in [0, 0.1) is 0 Å². The number of carbonyl (C=O) groups excluding carboxylic acids is 3. The molecule has 0 saturated carbocycles. The van der Waals surface area contributed by atoms with Gasteiger partial charge in [-0.3, -0.25) is 9.59 Å². The minimum absolute atomic E-state index is 0.220. The lowest BCUT2D eigenvalue weighted by molar-refractivity contribution is -0.119. The molecular formula is C20H14N4O4S2. The van der Waals surface area contributed by atoms with Gasteiger partial charge in [-0.1, -0.05) is 18.2 Å². The highest BCUT2D eigenvalue weighted by Gasteiger charge is 2.14. The van der Waals surface area contributed by atoms with Gasteiger partial charge in [-0.05, 0) is 41.8 Å². The molecule has 2 amide bonds. The van der Waals surface area contributed by atoms with E-state index in [1.165, 1.54) is 17.4 Å². The number of anilines is 2. The zero-order chi connectivity index (χ0) is 20.9. The van der Waals surface area contributed by atoms with Crippen LogP contribution < -0.4 is 10.6 Å². The molecule has 2 N–H and O–H groups in total. The predicted molar refractivity (Wildman–Crippen MR) is 115 cm³/mol. The van der Waals surface area contributed by atoms with Gasteiger partial charge >= 0.3 is 5.97 Å². The van der Waals surface area contributed by atoms with Gasteiger partial charge in [0.05, 0.1) is 27.9 Å². The number of hydrogen-bond acceptors (Lipinski definition) is 8. The van der Waals surface area contributed by atoms with E-state index in [1.807, 2.05) is 0 Å². The third-order valence-electron chi connectivity index (χ3n) is 4.00. The van der Waals surface area contributed by atoms with Crippen LogP contribution in [-0.2, 0) is 9.53 Å². The highest BCUT2D eigenvalue weighted by Crippen LogP contribution is 2.21. The number of amides is 2. The van der Waals surface area contributed by atoms with Crippen LogP contribution in [0.1, 0.15) is 20.0 Å². The summed E-state index contributed by atoms with van der Waals surface area (Å²) in [7, 11) is 0. The number of benzene rings is 2. The van der Waals surface area contributed by atoms with Gasteiger partial charge in [0.1, 0.15) is 11.0 Å². The summed E-state index contributed by atoms with van der Waals surface area (Å²) in [4.78, 5) is 37.2. The molecule has 0 spiro atoms. The Kier molecular flexibility index (Phi) is 5.77. The van der Waals surface area contributed by atoms with Gasteiger partial charge in [0.15, 0.2) is 6.61 Å². The third kappa shape index (κ3) is 4.50. The first-order valence-electron chi connectivity index (χ1n) is 8.73. The molecule has 0 saturated heterocycles. The van der Waals surface area contributed by atoms with Crippen molar-refractivity contribution in [2.75, 3.05) is 17.2 Å². The van der Waals surface area contributed by atoms with Crippen LogP contribution in [0.25, 0.3) is 11.0 Å². The minimum atomic E-state index is -0.675. The first-order chi connectivity index (χ1) is 14.6. The predicted octanol–water partition coefficient (Wildman–Crippen LogP) is 3.80. The van der Waals surface area contributed by atoms with Crippen molar-refractivity contribution < 1.29 is 19.1 Å². The molecular weight excluding hydrogens is 424 g/mol. The lowest BCUT2D eigenvalue weighted by atomic mass is 10.2. The summed E-state index contributed by atoms with van der Waals surface area (Å²) in [5, 5.41) is 7.19. The maximum atomic E-state index is 12.3. The van der Waals surface area contributed by atoms with Crippen molar-refractivity contribution in [2.45, 2.75) is 0 Å². The molecule has 0 aliphatic rings. The molecule has 2 heterocycles. The lowest BCUT2D eigenvalue weighted by Gasteiger charge is -2.08. The molecule has 10 heteroatoms. The van der Waals surface area contributed by atoms with E-state index in [4.69, 9.17) is 4.74 Å². The molecule has 150 valence electrons. The van der Waals surface area contributed by atoms with Crippen molar-refractivity contribution in [1.82, 2.24) is 8.75 Å². The van der Waals surface area contributed by atoms with E-state index in [0.29, 0.717) is 27.3 Å². The Morgan fingerprint density at radius 2 is 1.83 bits per heavy atom. The fourth-order valence-electron chi connectivity index (χ4n) is 2.63. The Bertz CT molecular complexity index is 1220. The normalized spacial score (nSPS) is 10.5. The van der Waals surface area contributed by atoms with Crippen LogP contribution >= 0.6 is 23.1 Å². The highest BCUT2D eigenvalue weighted by atomic mass is 32.1. The molecule has 2 aromatic carbocycles. The zero-order valence-corrected chi connectivity index (χ0v) is 17.0. The average Bonchev–Trinajstić information content (AvgIpc) is 3.44. The number of carbonyl (C=O) groups is 3. The summed E-state index contributed by atoms with van der Waals surface area (Å²) >= 11 is 2.37. The highest BCUT2D eigenvalue weighted by molar-refractivity contribution is 7.12. The fourth-order valence-corrected chi connectivity index (χ4v) is 3.80. The van der Waals surface area contributed by atoms with Gasteiger partial charge in [-0.25, -0.2) is 4.79 Å². The summed E-state index contributed by atoms with van der Waals surface area (Å²) in [6.07, 6.45) is 0. The Morgan fingerprint density at radius 1 is 0.967 bits per heavy atom. The van der Waals surface area contributed by atoms with Gasteiger partial charge in [0.2, 0.25) is 0 Å². The van der Waals surface area contributed by atoms with Crippen LogP contribution in [0.5, 0.6) is 0 Å². The van der Waals surface area contributed by atoms with Gasteiger partial charge < -0.3 is 15.4 Å². The number of esters is 1. The van der Waals surface area contributed by atoms with Gasteiger partial charge in [-0.2, -0.15) is 8.75 Å². The van der Waals surface area contributed by atoms with Crippen LogP contribution in [0.15, 0.2) is 60.0 Å². The summed E-state index contributed by atoms with van der Waals surface area (Å²) in [6, 6.07) is 15.1. The van der Waals surface area contributed by atoms with Crippen molar-refractivity contribution in [3.8, 4) is 0 Å². The molecule has 0 aliphatic heterocycles. The van der Waals surface area contributed by atoms with Crippen LogP contribution in [0.4, 0.5) is 11.4 Å². The summed E-state index contributed by atoms with van der Waals surface area (Å²) in [6.45, 7) is -0.460. The number of ether oxygens (including phenoxy) is 1. The quantitative estimate of drug-likeness (QED) is 0.443. The Hall–Kier alpha value is -3.63. The molecule has 30 heavy (non-hydrogen) atoms. The van der Waals surface area contributed by atoms with E-state index in [2.05, 4.69) is 19.4 Å². The molecule has 0 radical (unpaired) electrons. The topological polar surface area (TPSA) is 110 Å². The number of aromatic nitrogens is 2. The fraction of sp³-hybridized carbons (Fsp3) is 0.0500. The van der Waals surface area contributed by atoms with Crippen LogP contribution in [0.2, 0.25) is 0 Å². The lowest BCUT2D eigenvalue weighted by Crippen LogP contribution is -2.21. The molecule has 0 atom stereocenters. The zero-order valence-electron chi connectivity index (χ0n) is 15.3. The van der Waals surface area contributed by atoms with Crippen molar-refractivity contribution in [2.24, 2.45) is 0 Å². The number of rotatable bonds is 6. The second kappa shape index (κ2) is 8.80. The monoisotopic (exact) mass is 438 g/mol. The first-order valence-corrected chi connectivity index (χ1v) is 10.3. The van der Waals surface area contributed by atoms with Crippen molar-refractivity contribution in [3.05, 3.63) is 70.4 Å². The molecule has 0 aliphatic carbocycles. The maximum Gasteiger partial charge on any atom is 0.338 e. The van der Waals surface area contributed by atoms with Crippen molar-refractivity contribution in [3.63, 3.8) is 0 Å². The van der Waals surface area contributed by atoms with E-state index in [-0.39, 0.29) is 11.5 Å². The Labute approximate surface area is 178 Å². The number of hydrogen-bond donors (Lipinski definition) is 2. The van der Waals surface area contributed by atoms with Crippen molar-refractivity contribution >= 4 is 63.3 Å². The van der Waals surface area contributed by atoms with Gasteiger partial charge in [0.25, 0.3) is 11.8 Å². The van der Waals surface area contributed by atoms with Gasteiger partial charge in [0, 0.05) is 5.69 Å². The molecule has 0 bridgehead atoms. The second-order valence-corrected chi connectivity index (χ2v) is 7.55. The average molecular weight is 438 g/mol. The summed E-state index contributed by atoms with van der Waals surface area (Å²) in [5.74, 6) is -1.43. The first kappa shape index (κ1) is 19.7. The number of fused-ring (bicyclic) bond motifs is 1. The summed E-state index contributed by atoms with van der Waals surface area (Å²) < 4.78 is 13.3. The van der Waals surface area contributed by atoms with Gasteiger partial charge in [-0.15, -0.1) is 11.3 Å². The molecule has 0 unspecified atom stereocenters. The van der Waals surface area contributed by atoms with Crippen LogP contribution in [0.3, 0.4) is 0 Å². The molecule has 2 aromatic heterocycles. The van der Waals surface area contributed by atoms with Crippen LogP contribution in [-0.4, -0.2) is 33.1 Å². The van der Waals surface area contributed by atoms with Crippen molar-refractivity contribution in [1.29, 1.82) is 0 Å². The molecule has 4 aromatic rings. The molecule has 8 nitrogen and oxygen atoms in total. The third-order valence-corrected chi connectivity index (χ3v) is 5.41. The number of thiophene rings is 1. The maximum absolute atomic E-state index is 12.3. The van der Waals surface area contributed by atoms with E-state index in [0.717, 1.165) is 11.7 Å². The van der Waals surface area contributed by atoms with E-state index in [9.17, 15) is 14.4 Å².